The SMILES string of the molecule is CCc1cccc(CC)c1[N+]1=CC(C)(c2ccc3c(c2)C=CCC3)CC1(C)C. The van der Waals surface area contributed by atoms with Gasteiger partial charge in [0.05, 0.1) is 5.41 Å². The predicted molar refractivity (Wildman–Crippen MR) is 121 cm³/mol. The Hall–Kier alpha value is -2.15. The van der Waals surface area contributed by atoms with Crippen molar-refractivity contribution >= 4 is 18.0 Å². The van der Waals surface area contributed by atoms with E-state index >= 15 is 0 Å². The zero-order valence-corrected chi connectivity index (χ0v) is 18.2. The number of nitrogens with zero attached hydrogens (tertiary/aromatic N) is 1. The average Bonchev–Trinajstić information content (AvgIpc) is 2.96. The van der Waals surface area contributed by atoms with Crippen LogP contribution >= 0.6 is 0 Å². The molecular formula is C27H34N+. The molecule has 0 saturated heterocycles. The van der Waals surface area contributed by atoms with E-state index in [4.69, 9.17) is 0 Å². The zero-order chi connectivity index (χ0) is 19.9. The number of hydrogen-bond acceptors (Lipinski definition) is 0. The highest BCUT2D eigenvalue weighted by atomic mass is 15.1. The smallest absolute Gasteiger partial charge is 0.197 e. The molecule has 1 aliphatic carbocycles. The summed E-state index contributed by atoms with van der Waals surface area (Å²) in [6.07, 6.45) is 12.8. The maximum absolute atomic E-state index is 2.60. The maximum atomic E-state index is 2.60. The van der Waals surface area contributed by atoms with Gasteiger partial charge in [-0.1, -0.05) is 62.4 Å². The van der Waals surface area contributed by atoms with Crippen LogP contribution in [0.4, 0.5) is 5.69 Å². The summed E-state index contributed by atoms with van der Waals surface area (Å²) in [7, 11) is 0. The van der Waals surface area contributed by atoms with E-state index in [2.05, 4.69) is 94.0 Å². The molecule has 1 atom stereocenters. The van der Waals surface area contributed by atoms with Crippen LogP contribution in [0, 0.1) is 0 Å². The van der Waals surface area contributed by atoms with Gasteiger partial charge < -0.3 is 0 Å². The molecule has 0 spiro atoms. The van der Waals surface area contributed by atoms with Gasteiger partial charge in [0.1, 0.15) is 0 Å². The fourth-order valence-corrected chi connectivity index (χ4v) is 5.34. The molecule has 0 aromatic heterocycles. The molecule has 0 N–H and O–H groups in total. The summed E-state index contributed by atoms with van der Waals surface area (Å²) in [6, 6.07) is 14.0. The van der Waals surface area contributed by atoms with E-state index in [1.807, 2.05) is 0 Å². The maximum Gasteiger partial charge on any atom is 0.211 e. The second-order valence-electron chi connectivity index (χ2n) is 9.39. The zero-order valence-electron chi connectivity index (χ0n) is 18.2. The minimum atomic E-state index is 0.0513. The van der Waals surface area contributed by atoms with Crippen LogP contribution in [0.15, 0.2) is 42.5 Å². The van der Waals surface area contributed by atoms with E-state index in [9.17, 15) is 0 Å². The lowest BCUT2D eigenvalue weighted by molar-refractivity contribution is -0.512. The number of para-hydroxylation sites is 1. The van der Waals surface area contributed by atoms with Gasteiger partial charge in [-0.05, 0) is 49.3 Å². The molecule has 0 amide bonds. The van der Waals surface area contributed by atoms with Crippen molar-refractivity contribution in [3.8, 4) is 0 Å². The van der Waals surface area contributed by atoms with E-state index in [1.54, 1.807) is 0 Å². The van der Waals surface area contributed by atoms with Gasteiger partial charge in [-0.3, -0.25) is 0 Å². The number of benzene rings is 2. The lowest BCUT2D eigenvalue weighted by Crippen LogP contribution is -2.31. The van der Waals surface area contributed by atoms with Crippen molar-refractivity contribution in [1.29, 1.82) is 0 Å². The summed E-state index contributed by atoms with van der Waals surface area (Å²) in [5.41, 5.74) is 8.86. The van der Waals surface area contributed by atoms with Gasteiger partial charge >= 0.3 is 0 Å². The van der Waals surface area contributed by atoms with Crippen molar-refractivity contribution in [2.75, 3.05) is 0 Å². The number of allylic oxidation sites excluding steroid dienone is 1. The van der Waals surface area contributed by atoms with Crippen LogP contribution in [0.3, 0.4) is 0 Å². The quantitative estimate of drug-likeness (QED) is 0.530. The second-order valence-corrected chi connectivity index (χ2v) is 9.39. The Morgan fingerprint density at radius 3 is 2.36 bits per heavy atom. The number of rotatable bonds is 4. The lowest BCUT2D eigenvalue weighted by atomic mass is 9.76. The molecule has 28 heavy (non-hydrogen) atoms. The van der Waals surface area contributed by atoms with Crippen molar-refractivity contribution in [2.45, 2.75) is 77.7 Å². The summed E-state index contributed by atoms with van der Waals surface area (Å²) in [4.78, 5) is 0. The number of aryl methyl sites for hydroxylation is 3. The van der Waals surface area contributed by atoms with Gasteiger partial charge in [0.2, 0.25) is 5.69 Å². The summed E-state index contributed by atoms with van der Waals surface area (Å²) in [5.74, 6) is 0. The van der Waals surface area contributed by atoms with E-state index in [0.29, 0.717) is 0 Å². The van der Waals surface area contributed by atoms with Gasteiger partial charge in [-0.25, -0.2) is 0 Å². The predicted octanol–water partition coefficient (Wildman–Crippen LogP) is 6.63. The molecule has 1 unspecified atom stereocenters. The third-order valence-electron chi connectivity index (χ3n) is 6.75. The summed E-state index contributed by atoms with van der Waals surface area (Å²) in [6.45, 7) is 11.8. The van der Waals surface area contributed by atoms with Crippen LogP contribution in [-0.2, 0) is 24.7 Å². The molecular weight excluding hydrogens is 338 g/mol. The molecule has 0 fully saturated rings. The Kier molecular flexibility index (Phi) is 4.81. The van der Waals surface area contributed by atoms with Crippen molar-refractivity contribution in [2.24, 2.45) is 0 Å². The fraction of sp³-hybridized carbons (Fsp3) is 0.444. The molecule has 2 aromatic rings. The molecule has 1 heteroatoms. The first-order valence-corrected chi connectivity index (χ1v) is 10.9. The lowest BCUT2D eigenvalue weighted by Gasteiger charge is -2.24. The van der Waals surface area contributed by atoms with Crippen LogP contribution in [0.1, 0.15) is 75.3 Å². The first-order valence-electron chi connectivity index (χ1n) is 10.9. The monoisotopic (exact) mass is 372 g/mol. The van der Waals surface area contributed by atoms with Gasteiger partial charge in [0, 0.05) is 31.4 Å². The van der Waals surface area contributed by atoms with E-state index in [-0.39, 0.29) is 11.0 Å². The van der Waals surface area contributed by atoms with Crippen LogP contribution in [-0.4, -0.2) is 16.3 Å². The molecule has 0 saturated carbocycles. The topological polar surface area (TPSA) is 3.01 Å². The normalized spacial score (nSPS) is 22.8. The number of fused-ring (bicyclic) bond motifs is 1. The Morgan fingerprint density at radius 1 is 0.964 bits per heavy atom. The third-order valence-corrected chi connectivity index (χ3v) is 6.75. The number of hydrogen-bond donors (Lipinski definition) is 0. The van der Waals surface area contributed by atoms with Crippen molar-refractivity contribution in [3.63, 3.8) is 0 Å². The summed E-state index contributed by atoms with van der Waals surface area (Å²) >= 11 is 0. The largest absolute Gasteiger partial charge is 0.211 e. The average molecular weight is 373 g/mol. The molecule has 2 aliphatic rings. The van der Waals surface area contributed by atoms with Crippen molar-refractivity contribution in [3.05, 3.63) is 70.3 Å². The highest BCUT2D eigenvalue weighted by molar-refractivity contribution is 5.74. The second kappa shape index (κ2) is 7.03. The van der Waals surface area contributed by atoms with E-state index in [0.717, 1.165) is 19.3 Å². The molecule has 0 radical (unpaired) electrons. The van der Waals surface area contributed by atoms with Crippen molar-refractivity contribution < 1.29 is 4.58 Å². The van der Waals surface area contributed by atoms with Gasteiger partial charge in [-0.15, -0.1) is 0 Å². The van der Waals surface area contributed by atoms with Crippen LogP contribution in [0.25, 0.3) is 6.08 Å². The van der Waals surface area contributed by atoms with E-state index in [1.165, 1.54) is 46.3 Å². The Labute approximate surface area is 170 Å². The van der Waals surface area contributed by atoms with Crippen LogP contribution in [0.2, 0.25) is 0 Å². The Morgan fingerprint density at radius 2 is 1.68 bits per heavy atom. The van der Waals surface area contributed by atoms with Gasteiger partial charge in [0.25, 0.3) is 0 Å². The molecule has 1 nitrogen and oxygen atoms in total. The van der Waals surface area contributed by atoms with Crippen molar-refractivity contribution in [1.82, 2.24) is 0 Å². The third kappa shape index (κ3) is 3.15. The van der Waals surface area contributed by atoms with Gasteiger partial charge in [-0.2, -0.15) is 4.58 Å². The molecule has 2 aromatic carbocycles. The van der Waals surface area contributed by atoms with E-state index < -0.39 is 0 Å². The molecule has 4 rings (SSSR count). The van der Waals surface area contributed by atoms with Crippen LogP contribution < -0.4 is 0 Å². The minimum absolute atomic E-state index is 0.0513. The standard InChI is InChI=1S/C27H34N/c1-6-20-13-10-14-21(7-2)25(20)28-19-27(5,18-26(28,3)4)24-16-15-22-11-8-9-12-23(22)17-24/h9-10,12-17,19H,6-8,11,18H2,1-5H3/q+1. The highest BCUT2D eigenvalue weighted by Crippen LogP contribution is 2.43. The Bertz CT molecular complexity index is 938. The first kappa shape index (κ1) is 19.2. The molecule has 1 aliphatic heterocycles. The summed E-state index contributed by atoms with van der Waals surface area (Å²) < 4.78 is 2.60. The fourth-order valence-electron chi connectivity index (χ4n) is 5.34. The molecule has 146 valence electrons. The van der Waals surface area contributed by atoms with Gasteiger partial charge in [0.15, 0.2) is 11.8 Å². The molecule has 0 bridgehead atoms. The molecule has 1 heterocycles. The minimum Gasteiger partial charge on any atom is -0.197 e. The Balaban J connectivity index is 1.85. The first-order chi connectivity index (χ1) is 13.4. The van der Waals surface area contributed by atoms with Crippen LogP contribution in [0.5, 0.6) is 0 Å². The summed E-state index contributed by atoms with van der Waals surface area (Å²) in [5, 5.41) is 0. The highest BCUT2D eigenvalue weighted by Gasteiger charge is 2.50.